The third-order valence-corrected chi connectivity index (χ3v) is 6.51. The molecule has 3 fully saturated rings. The fourth-order valence-corrected chi connectivity index (χ4v) is 5.39. The zero-order valence-corrected chi connectivity index (χ0v) is 14.4. The minimum atomic E-state index is -0.346. The van der Waals surface area contributed by atoms with Gasteiger partial charge in [-0.05, 0) is 61.6 Å². The van der Waals surface area contributed by atoms with E-state index in [1.165, 1.54) is 24.8 Å². The number of benzene rings is 1. The van der Waals surface area contributed by atoms with Crippen LogP contribution < -0.4 is 4.74 Å². The van der Waals surface area contributed by atoms with Gasteiger partial charge in [-0.25, -0.2) is 0 Å². The van der Waals surface area contributed by atoms with Crippen molar-refractivity contribution < 1.29 is 14.6 Å². The number of aliphatic hydroxyl groups is 1. The summed E-state index contributed by atoms with van der Waals surface area (Å²) in [5.74, 6) is 2.35. The Bertz CT molecular complexity index is 631. The predicted molar refractivity (Wildman–Crippen MR) is 91.8 cm³/mol. The van der Waals surface area contributed by atoms with Crippen molar-refractivity contribution >= 4 is 5.91 Å². The van der Waals surface area contributed by atoms with Crippen LogP contribution in [-0.4, -0.2) is 42.2 Å². The van der Waals surface area contributed by atoms with E-state index in [1.54, 1.807) is 7.11 Å². The summed E-state index contributed by atoms with van der Waals surface area (Å²) < 4.78 is 5.36. The Morgan fingerprint density at radius 2 is 2.25 bits per heavy atom. The Hall–Kier alpha value is -1.55. The number of amides is 1. The molecule has 0 spiro atoms. The molecule has 3 unspecified atom stereocenters. The van der Waals surface area contributed by atoms with E-state index in [4.69, 9.17) is 4.74 Å². The van der Waals surface area contributed by atoms with Crippen LogP contribution in [0.25, 0.3) is 0 Å². The number of aliphatic hydroxyl groups excluding tert-OH is 1. The number of carbonyl (C=O) groups is 1. The lowest BCUT2D eigenvalue weighted by atomic mass is 9.68. The summed E-state index contributed by atoms with van der Waals surface area (Å²) in [4.78, 5) is 15.4. The molecule has 1 amide bonds. The van der Waals surface area contributed by atoms with Crippen molar-refractivity contribution in [2.75, 3.05) is 20.2 Å². The normalized spacial score (nSPS) is 34.8. The number of hydrogen-bond acceptors (Lipinski definition) is 3. The van der Waals surface area contributed by atoms with Gasteiger partial charge in [0, 0.05) is 13.1 Å². The minimum Gasteiger partial charge on any atom is -0.497 e. The number of fused-ring (bicyclic) bond motifs is 2. The maximum absolute atomic E-state index is 13.4. The molecule has 1 N–H and O–H groups in total. The molecule has 1 aromatic rings. The van der Waals surface area contributed by atoms with Crippen molar-refractivity contribution in [2.45, 2.75) is 44.6 Å². The first-order valence-electron chi connectivity index (χ1n) is 9.21. The molecule has 1 aromatic carbocycles. The Labute approximate surface area is 143 Å². The Balaban J connectivity index is 1.63. The topological polar surface area (TPSA) is 49.8 Å². The molecular weight excluding hydrogens is 302 g/mol. The van der Waals surface area contributed by atoms with Crippen molar-refractivity contribution in [3.05, 3.63) is 29.8 Å². The van der Waals surface area contributed by atoms with Crippen LogP contribution in [0.3, 0.4) is 0 Å². The number of likely N-dealkylation sites (tertiary alicyclic amines) is 1. The van der Waals surface area contributed by atoms with E-state index in [2.05, 4.69) is 12.1 Å². The van der Waals surface area contributed by atoms with Crippen LogP contribution in [0.1, 0.15) is 37.7 Å². The number of carbonyl (C=O) groups excluding carboxylic acids is 1. The lowest BCUT2D eigenvalue weighted by Crippen LogP contribution is -2.47. The van der Waals surface area contributed by atoms with Gasteiger partial charge >= 0.3 is 0 Å². The highest BCUT2D eigenvalue weighted by molar-refractivity contribution is 5.84. The van der Waals surface area contributed by atoms with Crippen LogP contribution in [0, 0.1) is 17.3 Å². The summed E-state index contributed by atoms with van der Waals surface area (Å²) in [6, 6.07) is 8.15. The van der Waals surface area contributed by atoms with E-state index in [1.807, 2.05) is 17.0 Å². The minimum absolute atomic E-state index is 0.265. The monoisotopic (exact) mass is 329 g/mol. The van der Waals surface area contributed by atoms with E-state index < -0.39 is 0 Å². The molecule has 2 aliphatic carbocycles. The second-order valence-corrected chi connectivity index (χ2v) is 7.96. The fraction of sp³-hybridized carbons (Fsp3) is 0.650. The highest BCUT2D eigenvalue weighted by Gasteiger charge is 2.56. The molecule has 1 aliphatic heterocycles. The van der Waals surface area contributed by atoms with Crippen LogP contribution in [0.15, 0.2) is 24.3 Å². The molecule has 2 bridgehead atoms. The second kappa shape index (κ2) is 6.07. The molecule has 4 atom stereocenters. The smallest absolute Gasteiger partial charge is 0.229 e. The van der Waals surface area contributed by atoms with Gasteiger partial charge in [0.15, 0.2) is 0 Å². The van der Waals surface area contributed by atoms with E-state index in [9.17, 15) is 9.90 Å². The van der Waals surface area contributed by atoms with Gasteiger partial charge in [0.25, 0.3) is 0 Å². The summed E-state index contributed by atoms with van der Waals surface area (Å²) in [6.45, 7) is 1.22. The largest absolute Gasteiger partial charge is 0.497 e. The molecule has 1 saturated heterocycles. The van der Waals surface area contributed by atoms with Gasteiger partial charge in [-0.3, -0.25) is 4.79 Å². The molecule has 24 heavy (non-hydrogen) atoms. The van der Waals surface area contributed by atoms with Gasteiger partial charge in [-0.15, -0.1) is 0 Å². The third kappa shape index (κ3) is 2.61. The molecule has 0 radical (unpaired) electrons. The van der Waals surface area contributed by atoms with Crippen LogP contribution in [0.5, 0.6) is 5.75 Å². The average Bonchev–Trinajstić information content (AvgIpc) is 3.30. The summed E-state index contributed by atoms with van der Waals surface area (Å²) in [7, 11) is 1.68. The van der Waals surface area contributed by atoms with E-state index in [0.29, 0.717) is 24.9 Å². The number of rotatable bonds is 4. The molecule has 1 heterocycles. The van der Waals surface area contributed by atoms with Crippen molar-refractivity contribution in [1.29, 1.82) is 0 Å². The van der Waals surface area contributed by atoms with Gasteiger partial charge in [-0.2, -0.15) is 0 Å². The SMILES string of the molecule is COc1cccc(CC2(C(=O)N3CC[C@H](O)C3)CC3CCC2C3)c1. The lowest BCUT2D eigenvalue weighted by Gasteiger charge is -2.39. The zero-order chi connectivity index (χ0) is 16.7. The standard InChI is InChI=1S/C20H27NO3/c1-24-18-4-2-3-14(10-18)11-20(12-15-5-6-16(20)9-15)19(23)21-8-7-17(22)13-21/h2-4,10,15-17,22H,5-9,11-13H2,1H3/t15?,16?,17-,20?/m0/s1. The first kappa shape index (κ1) is 15.9. The summed E-state index contributed by atoms with van der Waals surface area (Å²) in [6.07, 6.45) is 5.84. The zero-order valence-electron chi connectivity index (χ0n) is 14.4. The van der Waals surface area contributed by atoms with Gasteiger partial charge in [-0.1, -0.05) is 18.6 Å². The summed E-state index contributed by atoms with van der Waals surface area (Å²) in [5, 5.41) is 9.85. The van der Waals surface area contributed by atoms with Crippen LogP contribution in [0.4, 0.5) is 0 Å². The number of nitrogens with zero attached hydrogens (tertiary/aromatic N) is 1. The highest BCUT2D eigenvalue weighted by Crippen LogP contribution is 2.58. The van der Waals surface area contributed by atoms with Crippen LogP contribution >= 0.6 is 0 Å². The van der Waals surface area contributed by atoms with Crippen molar-refractivity contribution in [3.8, 4) is 5.75 Å². The molecule has 0 aromatic heterocycles. The molecule has 3 aliphatic rings. The highest BCUT2D eigenvalue weighted by atomic mass is 16.5. The summed E-state index contributed by atoms with van der Waals surface area (Å²) in [5.41, 5.74) is 0.925. The van der Waals surface area contributed by atoms with Gasteiger partial charge in [0.05, 0.1) is 18.6 Å². The van der Waals surface area contributed by atoms with Gasteiger partial charge in [0.1, 0.15) is 5.75 Å². The fourth-order valence-electron chi connectivity index (χ4n) is 5.39. The number of ether oxygens (including phenoxy) is 1. The molecule has 4 rings (SSSR count). The number of methoxy groups -OCH3 is 1. The Morgan fingerprint density at radius 3 is 2.88 bits per heavy atom. The predicted octanol–water partition coefficient (Wildman–Crippen LogP) is 2.64. The quantitative estimate of drug-likeness (QED) is 0.924. The maximum Gasteiger partial charge on any atom is 0.229 e. The number of β-amino-alcohol motifs (C(OH)–C–C–N with tert-alkyl or cyclic N) is 1. The first-order chi connectivity index (χ1) is 11.6. The molecule has 4 heteroatoms. The Morgan fingerprint density at radius 1 is 1.38 bits per heavy atom. The third-order valence-electron chi connectivity index (χ3n) is 6.51. The lowest BCUT2D eigenvalue weighted by molar-refractivity contribution is -0.144. The van der Waals surface area contributed by atoms with Crippen molar-refractivity contribution in [2.24, 2.45) is 17.3 Å². The molecular formula is C20H27NO3. The van der Waals surface area contributed by atoms with Crippen molar-refractivity contribution in [3.63, 3.8) is 0 Å². The van der Waals surface area contributed by atoms with Crippen molar-refractivity contribution in [1.82, 2.24) is 4.90 Å². The molecule has 2 saturated carbocycles. The number of hydrogen-bond donors (Lipinski definition) is 1. The van der Waals surface area contributed by atoms with E-state index in [-0.39, 0.29) is 17.4 Å². The van der Waals surface area contributed by atoms with Gasteiger partial charge < -0.3 is 14.7 Å². The van der Waals surface area contributed by atoms with Gasteiger partial charge in [0.2, 0.25) is 5.91 Å². The Kier molecular flexibility index (Phi) is 4.03. The summed E-state index contributed by atoms with van der Waals surface area (Å²) >= 11 is 0. The second-order valence-electron chi connectivity index (χ2n) is 7.96. The molecule has 130 valence electrons. The first-order valence-corrected chi connectivity index (χ1v) is 9.21. The van der Waals surface area contributed by atoms with Crippen LogP contribution in [0.2, 0.25) is 0 Å². The molecule has 4 nitrogen and oxygen atoms in total. The van der Waals surface area contributed by atoms with Crippen LogP contribution in [-0.2, 0) is 11.2 Å². The van der Waals surface area contributed by atoms with E-state index >= 15 is 0 Å². The van der Waals surface area contributed by atoms with E-state index in [0.717, 1.165) is 25.0 Å². The average molecular weight is 329 g/mol. The maximum atomic E-state index is 13.4.